The van der Waals surface area contributed by atoms with Gasteiger partial charge in [0.25, 0.3) is 0 Å². The Morgan fingerprint density at radius 3 is 1.89 bits per heavy atom. The van der Waals surface area contributed by atoms with Gasteiger partial charge in [0, 0.05) is 19.8 Å². The first-order valence-corrected chi connectivity index (χ1v) is 7.69. The summed E-state index contributed by atoms with van der Waals surface area (Å²) >= 11 is 0. The molecule has 0 bridgehead atoms. The van der Waals surface area contributed by atoms with E-state index in [2.05, 4.69) is 0 Å². The summed E-state index contributed by atoms with van der Waals surface area (Å²) in [5.41, 5.74) is 0. The fraction of sp³-hybridized carbons (Fsp3) is 0.500. The molecule has 0 aliphatic rings. The second-order valence-corrected chi connectivity index (χ2v) is 6.00. The van der Waals surface area contributed by atoms with Crippen LogP contribution in [0.1, 0.15) is 20.8 Å². The Labute approximate surface area is 107 Å². The molecule has 0 saturated carbocycles. The Bertz CT molecular complexity index is 371. The predicted molar refractivity (Wildman–Crippen MR) is 66.6 cm³/mol. The first-order chi connectivity index (χ1) is 8.59. The molecule has 6 heteroatoms. The van der Waals surface area contributed by atoms with E-state index in [9.17, 15) is 8.78 Å². The highest BCUT2D eigenvalue weighted by molar-refractivity contribution is 6.75. The second kappa shape index (κ2) is 6.94. The summed E-state index contributed by atoms with van der Waals surface area (Å²) in [4.78, 5) is 0. The average molecular weight is 276 g/mol. The lowest BCUT2D eigenvalue weighted by Crippen LogP contribution is -2.58. The third kappa shape index (κ3) is 3.35. The lowest BCUT2D eigenvalue weighted by atomic mass is 10.3. The average Bonchev–Trinajstić information content (AvgIpc) is 2.33. The molecule has 102 valence electrons. The van der Waals surface area contributed by atoms with Crippen LogP contribution in [0.3, 0.4) is 0 Å². The zero-order chi connectivity index (χ0) is 13.6. The molecule has 1 rings (SSSR count). The van der Waals surface area contributed by atoms with Gasteiger partial charge in [0.15, 0.2) is 0 Å². The summed E-state index contributed by atoms with van der Waals surface area (Å²) in [5, 5.41) is 0.0491. The van der Waals surface area contributed by atoms with Gasteiger partial charge in [0.1, 0.15) is 11.6 Å². The monoisotopic (exact) mass is 276 g/mol. The lowest BCUT2D eigenvalue weighted by molar-refractivity contribution is 0.0851. The van der Waals surface area contributed by atoms with Gasteiger partial charge in [-0.05, 0) is 39.0 Å². The SMILES string of the molecule is CCO[Si](OCC)(OCC)c1cc(F)ccc1F. The van der Waals surface area contributed by atoms with Crippen molar-refractivity contribution in [1.82, 2.24) is 0 Å². The van der Waals surface area contributed by atoms with Gasteiger partial charge < -0.3 is 13.3 Å². The van der Waals surface area contributed by atoms with E-state index in [1.54, 1.807) is 20.8 Å². The third-order valence-corrected chi connectivity index (χ3v) is 5.31. The first-order valence-electron chi connectivity index (χ1n) is 5.97. The number of hydrogen-bond acceptors (Lipinski definition) is 3. The summed E-state index contributed by atoms with van der Waals surface area (Å²) in [6, 6.07) is 3.20. The molecule has 1 aromatic rings. The van der Waals surface area contributed by atoms with E-state index in [-0.39, 0.29) is 5.19 Å². The lowest BCUT2D eigenvalue weighted by Gasteiger charge is -2.28. The van der Waals surface area contributed by atoms with E-state index < -0.39 is 20.4 Å². The van der Waals surface area contributed by atoms with Crippen molar-refractivity contribution in [2.45, 2.75) is 20.8 Å². The molecule has 0 fully saturated rings. The minimum Gasteiger partial charge on any atom is -0.370 e. The van der Waals surface area contributed by atoms with Crippen LogP contribution in [0, 0.1) is 11.6 Å². The van der Waals surface area contributed by atoms with Crippen LogP contribution < -0.4 is 5.19 Å². The molecule has 0 aromatic heterocycles. The van der Waals surface area contributed by atoms with Crippen molar-refractivity contribution in [3.05, 3.63) is 29.8 Å². The maximum atomic E-state index is 13.9. The molecule has 0 unspecified atom stereocenters. The van der Waals surface area contributed by atoms with Crippen LogP contribution in [-0.2, 0) is 13.3 Å². The zero-order valence-electron chi connectivity index (χ0n) is 10.8. The second-order valence-electron chi connectivity index (χ2n) is 3.48. The molecule has 0 aliphatic heterocycles. The van der Waals surface area contributed by atoms with Crippen LogP contribution in [0.4, 0.5) is 8.78 Å². The van der Waals surface area contributed by atoms with Gasteiger partial charge in [-0.1, -0.05) is 0 Å². The Morgan fingerprint density at radius 1 is 0.944 bits per heavy atom. The Kier molecular flexibility index (Phi) is 5.87. The highest BCUT2D eigenvalue weighted by atomic mass is 28.4. The maximum absolute atomic E-state index is 13.9. The number of rotatable bonds is 7. The van der Waals surface area contributed by atoms with Crippen molar-refractivity contribution in [3.8, 4) is 0 Å². The fourth-order valence-electron chi connectivity index (χ4n) is 1.66. The van der Waals surface area contributed by atoms with Gasteiger partial charge in [0.2, 0.25) is 0 Å². The van der Waals surface area contributed by atoms with Gasteiger partial charge in [0.05, 0.1) is 5.19 Å². The molecule has 3 nitrogen and oxygen atoms in total. The molecule has 1 aromatic carbocycles. The van der Waals surface area contributed by atoms with Crippen LogP contribution in [0.5, 0.6) is 0 Å². The van der Waals surface area contributed by atoms with Crippen molar-refractivity contribution in [2.24, 2.45) is 0 Å². The Balaban J connectivity index is 3.24. The van der Waals surface area contributed by atoms with E-state index in [0.29, 0.717) is 19.8 Å². The summed E-state index contributed by atoms with van der Waals surface area (Å²) in [7, 11) is -3.36. The highest BCUT2D eigenvalue weighted by Gasteiger charge is 2.45. The summed E-state index contributed by atoms with van der Waals surface area (Å²) in [6.07, 6.45) is 0. The number of benzene rings is 1. The quantitative estimate of drug-likeness (QED) is 0.715. The van der Waals surface area contributed by atoms with Crippen molar-refractivity contribution >= 4 is 14.0 Å². The number of halogens is 2. The number of hydrogen-bond donors (Lipinski definition) is 0. The molecule has 18 heavy (non-hydrogen) atoms. The largest absolute Gasteiger partial charge is 0.540 e. The van der Waals surface area contributed by atoms with Crippen LogP contribution in [0.15, 0.2) is 18.2 Å². The summed E-state index contributed by atoms with van der Waals surface area (Å²) < 4.78 is 43.7. The molecule has 0 N–H and O–H groups in total. The van der Waals surface area contributed by atoms with Crippen molar-refractivity contribution in [3.63, 3.8) is 0 Å². The molecule has 0 radical (unpaired) electrons. The van der Waals surface area contributed by atoms with Crippen LogP contribution in [0.2, 0.25) is 0 Å². The highest BCUT2D eigenvalue weighted by Crippen LogP contribution is 2.14. The smallest absolute Gasteiger partial charge is 0.370 e. The molecule has 0 spiro atoms. The summed E-state index contributed by atoms with van der Waals surface area (Å²) in [5.74, 6) is -1.11. The Morgan fingerprint density at radius 2 is 1.44 bits per heavy atom. The normalized spacial score (nSPS) is 11.8. The standard InChI is InChI=1S/C12H18F2O3Si/c1-4-15-18(16-5-2,17-6-3)12-9-10(13)7-8-11(12)14/h7-9H,4-6H2,1-3H3. The minimum absolute atomic E-state index is 0.0491. The van der Waals surface area contributed by atoms with Gasteiger partial charge >= 0.3 is 8.80 Å². The first kappa shape index (κ1) is 15.2. The Hall–Kier alpha value is -0.823. The van der Waals surface area contributed by atoms with Crippen LogP contribution >= 0.6 is 0 Å². The summed E-state index contributed by atoms with van der Waals surface area (Å²) in [6.45, 7) is 6.21. The molecule has 0 amide bonds. The predicted octanol–water partition coefficient (Wildman–Crippen LogP) is 2.22. The van der Waals surface area contributed by atoms with Gasteiger partial charge in [-0.3, -0.25) is 0 Å². The van der Waals surface area contributed by atoms with Crippen molar-refractivity contribution in [2.75, 3.05) is 19.8 Å². The zero-order valence-corrected chi connectivity index (χ0v) is 11.8. The molecule has 0 atom stereocenters. The van der Waals surface area contributed by atoms with Gasteiger partial charge in [-0.15, -0.1) is 0 Å². The minimum atomic E-state index is -3.36. The van der Waals surface area contributed by atoms with E-state index in [4.69, 9.17) is 13.3 Å². The maximum Gasteiger partial charge on any atom is 0.540 e. The van der Waals surface area contributed by atoms with Crippen LogP contribution in [0.25, 0.3) is 0 Å². The molecule has 0 saturated heterocycles. The van der Waals surface area contributed by atoms with E-state index >= 15 is 0 Å². The molecule has 0 aliphatic carbocycles. The van der Waals surface area contributed by atoms with Gasteiger partial charge in [-0.25, -0.2) is 8.78 Å². The van der Waals surface area contributed by atoms with Gasteiger partial charge in [-0.2, -0.15) is 0 Å². The van der Waals surface area contributed by atoms with Crippen LogP contribution in [-0.4, -0.2) is 28.6 Å². The van der Waals surface area contributed by atoms with Crippen molar-refractivity contribution in [1.29, 1.82) is 0 Å². The molecular formula is C12H18F2O3Si. The fourth-order valence-corrected chi connectivity index (χ4v) is 4.21. The molecular weight excluding hydrogens is 258 g/mol. The van der Waals surface area contributed by atoms with E-state index in [1.165, 1.54) is 0 Å². The molecule has 0 heterocycles. The topological polar surface area (TPSA) is 27.7 Å². The van der Waals surface area contributed by atoms with E-state index in [1.807, 2.05) is 0 Å². The third-order valence-electron chi connectivity index (χ3n) is 2.26. The van der Waals surface area contributed by atoms with Crippen molar-refractivity contribution < 1.29 is 22.1 Å². The van der Waals surface area contributed by atoms with E-state index in [0.717, 1.165) is 18.2 Å².